The van der Waals surface area contributed by atoms with Gasteiger partial charge in [-0.3, -0.25) is 4.79 Å². The number of rotatable bonds is 5. The molecule has 2 atom stereocenters. The van der Waals surface area contributed by atoms with Crippen molar-refractivity contribution in [2.75, 3.05) is 18.8 Å². The zero-order valence-corrected chi connectivity index (χ0v) is 11.0. The Morgan fingerprint density at radius 1 is 1.41 bits per heavy atom. The van der Waals surface area contributed by atoms with Crippen LogP contribution in [0.3, 0.4) is 0 Å². The Morgan fingerprint density at radius 2 is 2.06 bits per heavy atom. The molecule has 6 nitrogen and oxygen atoms in total. The van der Waals surface area contributed by atoms with Crippen LogP contribution < -0.4 is 5.32 Å². The zero-order chi connectivity index (χ0) is 13.1. The van der Waals surface area contributed by atoms with Crippen LogP contribution in [0.4, 0.5) is 0 Å². The number of hydrogen-bond acceptors (Lipinski definition) is 4. The number of carboxylic acid groups (broad SMARTS) is 1. The number of nitrogens with zero attached hydrogens (tertiary/aromatic N) is 1. The van der Waals surface area contributed by atoms with Gasteiger partial charge in [-0.2, -0.15) is 4.31 Å². The SMILES string of the molecule is CCC1CN(S(=O)(=O)CC(=O)O)C(CC)CN1. The lowest BCUT2D eigenvalue weighted by Gasteiger charge is -2.38. The lowest BCUT2D eigenvalue weighted by Crippen LogP contribution is -2.58. The molecule has 0 saturated carbocycles. The minimum atomic E-state index is -3.69. The minimum Gasteiger partial charge on any atom is -0.480 e. The predicted octanol–water partition coefficient (Wildman–Crippen LogP) is -0.137. The average Bonchev–Trinajstić information content (AvgIpc) is 2.26. The van der Waals surface area contributed by atoms with E-state index in [2.05, 4.69) is 5.32 Å². The molecule has 0 aromatic heterocycles. The molecular weight excluding hydrogens is 244 g/mol. The summed E-state index contributed by atoms with van der Waals surface area (Å²) in [5.41, 5.74) is 0. The monoisotopic (exact) mass is 264 g/mol. The van der Waals surface area contributed by atoms with E-state index < -0.39 is 21.7 Å². The summed E-state index contributed by atoms with van der Waals surface area (Å²) in [7, 11) is -3.69. The van der Waals surface area contributed by atoms with Crippen LogP contribution >= 0.6 is 0 Å². The van der Waals surface area contributed by atoms with E-state index in [-0.39, 0.29) is 12.1 Å². The van der Waals surface area contributed by atoms with Crippen molar-refractivity contribution in [1.29, 1.82) is 0 Å². The minimum absolute atomic E-state index is 0.112. The maximum Gasteiger partial charge on any atom is 0.320 e. The number of sulfonamides is 1. The van der Waals surface area contributed by atoms with Crippen molar-refractivity contribution < 1.29 is 18.3 Å². The highest BCUT2D eigenvalue weighted by atomic mass is 32.2. The molecule has 0 aromatic carbocycles. The highest BCUT2D eigenvalue weighted by Crippen LogP contribution is 2.16. The Bertz CT molecular complexity index is 369. The molecule has 2 N–H and O–H groups in total. The molecule has 1 aliphatic heterocycles. The van der Waals surface area contributed by atoms with Gasteiger partial charge in [-0.1, -0.05) is 13.8 Å². The second-order valence-corrected chi connectivity index (χ2v) is 6.22. The highest BCUT2D eigenvalue weighted by molar-refractivity contribution is 7.89. The third-order valence-electron chi connectivity index (χ3n) is 3.08. The average molecular weight is 264 g/mol. The summed E-state index contributed by atoms with van der Waals surface area (Å²) in [6.07, 6.45) is 1.51. The van der Waals surface area contributed by atoms with E-state index in [0.29, 0.717) is 19.5 Å². The molecule has 7 heteroatoms. The molecule has 1 heterocycles. The van der Waals surface area contributed by atoms with Crippen molar-refractivity contribution >= 4 is 16.0 Å². The Hall–Kier alpha value is -0.660. The van der Waals surface area contributed by atoms with Crippen molar-refractivity contribution in [2.45, 2.75) is 38.8 Å². The third kappa shape index (κ3) is 3.65. The van der Waals surface area contributed by atoms with Crippen LogP contribution in [0.2, 0.25) is 0 Å². The fourth-order valence-corrected chi connectivity index (χ4v) is 3.60. The summed E-state index contributed by atoms with van der Waals surface area (Å²) < 4.78 is 25.2. The second kappa shape index (κ2) is 5.79. The highest BCUT2D eigenvalue weighted by Gasteiger charge is 2.35. The largest absolute Gasteiger partial charge is 0.480 e. The fourth-order valence-electron chi connectivity index (χ4n) is 2.04. The van der Waals surface area contributed by atoms with Gasteiger partial charge in [0.25, 0.3) is 0 Å². The lowest BCUT2D eigenvalue weighted by molar-refractivity contribution is -0.134. The summed E-state index contributed by atoms with van der Waals surface area (Å²) >= 11 is 0. The Balaban J connectivity index is 2.85. The molecule has 100 valence electrons. The summed E-state index contributed by atoms with van der Waals surface area (Å²) in [5, 5.41) is 11.9. The number of piperazine rings is 1. The van der Waals surface area contributed by atoms with Gasteiger partial charge in [-0.05, 0) is 12.8 Å². The zero-order valence-electron chi connectivity index (χ0n) is 10.2. The van der Waals surface area contributed by atoms with Gasteiger partial charge in [0.15, 0.2) is 5.75 Å². The van der Waals surface area contributed by atoms with Crippen LogP contribution in [-0.2, 0) is 14.8 Å². The quantitative estimate of drug-likeness (QED) is 0.722. The van der Waals surface area contributed by atoms with E-state index >= 15 is 0 Å². The van der Waals surface area contributed by atoms with E-state index in [1.807, 2.05) is 13.8 Å². The molecule has 0 aliphatic carbocycles. The molecule has 0 radical (unpaired) electrons. The van der Waals surface area contributed by atoms with Gasteiger partial charge in [0, 0.05) is 25.2 Å². The second-order valence-electron chi connectivity index (χ2n) is 4.30. The van der Waals surface area contributed by atoms with Crippen LogP contribution in [-0.4, -0.2) is 54.7 Å². The van der Waals surface area contributed by atoms with Crippen molar-refractivity contribution in [3.05, 3.63) is 0 Å². The molecule has 0 amide bonds. The Labute approximate surface area is 102 Å². The molecule has 17 heavy (non-hydrogen) atoms. The molecule has 1 aliphatic rings. The number of nitrogens with one attached hydrogen (secondary N) is 1. The Morgan fingerprint density at radius 3 is 2.53 bits per heavy atom. The molecule has 0 aromatic rings. The standard InChI is InChI=1S/C10H20N2O4S/c1-3-8-6-12(9(4-2)5-11-8)17(15,16)7-10(13)14/h8-9,11H,3-7H2,1-2H3,(H,13,14). The molecule has 1 rings (SSSR count). The molecule has 1 saturated heterocycles. The molecule has 0 spiro atoms. The maximum absolute atomic E-state index is 11.9. The van der Waals surface area contributed by atoms with E-state index in [9.17, 15) is 13.2 Å². The molecule has 0 bridgehead atoms. The van der Waals surface area contributed by atoms with Crippen molar-refractivity contribution in [3.63, 3.8) is 0 Å². The van der Waals surface area contributed by atoms with Gasteiger partial charge in [-0.15, -0.1) is 0 Å². The molecular formula is C10H20N2O4S. The predicted molar refractivity (Wildman–Crippen MR) is 64.3 cm³/mol. The van der Waals surface area contributed by atoms with Gasteiger partial charge >= 0.3 is 5.97 Å². The van der Waals surface area contributed by atoms with Crippen LogP contribution in [0.5, 0.6) is 0 Å². The van der Waals surface area contributed by atoms with E-state index in [0.717, 1.165) is 6.42 Å². The van der Waals surface area contributed by atoms with Gasteiger partial charge in [0.2, 0.25) is 10.0 Å². The lowest BCUT2D eigenvalue weighted by atomic mass is 10.1. The van der Waals surface area contributed by atoms with Crippen molar-refractivity contribution in [3.8, 4) is 0 Å². The van der Waals surface area contributed by atoms with Gasteiger partial charge in [0.1, 0.15) is 0 Å². The number of carboxylic acids is 1. The van der Waals surface area contributed by atoms with Gasteiger partial charge in [0.05, 0.1) is 0 Å². The summed E-state index contributed by atoms with van der Waals surface area (Å²) in [5.74, 6) is -2.12. The van der Waals surface area contributed by atoms with Crippen LogP contribution in [0.25, 0.3) is 0 Å². The smallest absolute Gasteiger partial charge is 0.320 e. The first-order chi connectivity index (χ1) is 7.90. The van der Waals surface area contributed by atoms with Gasteiger partial charge in [-0.25, -0.2) is 8.42 Å². The van der Waals surface area contributed by atoms with E-state index in [1.165, 1.54) is 4.31 Å². The van der Waals surface area contributed by atoms with Crippen molar-refractivity contribution in [2.24, 2.45) is 0 Å². The van der Waals surface area contributed by atoms with Gasteiger partial charge < -0.3 is 10.4 Å². The number of aliphatic carboxylic acids is 1. The first-order valence-corrected chi connectivity index (χ1v) is 7.46. The van der Waals surface area contributed by atoms with Crippen LogP contribution in [0, 0.1) is 0 Å². The summed E-state index contributed by atoms with van der Waals surface area (Å²) in [6, 6.07) is -0.0245. The van der Waals surface area contributed by atoms with Crippen LogP contribution in [0.15, 0.2) is 0 Å². The number of carbonyl (C=O) groups is 1. The first-order valence-electron chi connectivity index (χ1n) is 5.85. The maximum atomic E-state index is 11.9. The molecule has 1 fully saturated rings. The van der Waals surface area contributed by atoms with Crippen LogP contribution in [0.1, 0.15) is 26.7 Å². The summed E-state index contributed by atoms with van der Waals surface area (Å²) in [4.78, 5) is 10.6. The Kier molecular flexibility index (Phi) is 4.91. The molecule has 2 unspecified atom stereocenters. The van der Waals surface area contributed by atoms with E-state index in [4.69, 9.17) is 5.11 Å². The fraction of sp³-hybridized carbons (Fsp3) is 0.900. The normalized spacial score (nSPS) is 26.9. The van der Waals surface area contributed by atoms with Crippen molar-refractivity contribution in [1.82, 2.24) is 9.62 Å². The topological polar surface area (TPSA) is 86.7 Å². The van der Waals surface area contributed by atoms with E-state index in [1.54, 1.807) is 0 Å². The summed E-state index contributed by atoms with van der Waals surface area (Å²) in [6.45, 7) is 4.84. The first kappa shape index (κ1) is 14.4. The number of hydrogen-bond donors (Lipinski definition) is 2. The third-order valence-corrected chi connectivity index (χ3v) is 4.85.